The van der Waals surface area contributed by atoms with Gasteiger partial charge in [-0.05, 0) is 54.4 Å². The first-order valence-corrected chi connectivity index (χ1v) is 11.2. The van der Waals surface area contributed by atoms with Gasteiger partial charge in [-0.25, -0.2) is 14.4 Å². The Morgan fingerprint density at radius 1 is 0.771 bits per heavy atom. The fourth-order valence-electron chi connectivity index (χ4n) is 2.55. The van der Waals surface area contributed by atoms with Crippen LogP contribution in [0.4, 0.5) is 9.59 Å². The van der Waals surface area contributed by atoms with Crippen LogP contribution in [0.5, 0.6) is 0 Å². The molecule has 3 amide bonds. The summed E-state index contributed by atoms with van der Waals surface area (Å²) in [6.07, 6.45) is 1.10. The third kappa shape index (κ3) is 13.5. The van der Waals surface area contributed by atoms with Crippen LogP contribution in [0.25, 0.3) is 0 Å². The molecule has 0 aromatic rings. The van der Waals surface area contributed by atoms with Crippen LogP contribution < -0.4 is 16.0 Å². The molecule has 13 nitrogen and oxygen atoms in total. The maximum Gasteiger partial charge on any atom is 0.414 e. The smallest absolute Gasteiger partial charge is 0.414 e. The number of hydrogen-bond donors (Lipinski definition) is 4. The van der Waals surface area contributed by atoms with Crippen LogP contribution in [-0.2, 0) is 28.5 Å². The van der Waals surface area contributed by atoms with E-state index in [9.17, 15) is 19.2 Å². The van der Waals surface area contributed by atoms with Crippen molar-refractivity contribution in [2.24, 2.45) is 4.99 Å². The van der Waals surface area contributed by atoms with E-state index in [4.69, 9.17) is 24.1 Å². The van der Waals surface area contributed by atoms with E-state index in [0.717, 1.165) is 20.6 Å². The number of methoxy groups -OCH3 is 2. The van der Waals surface area contributed by atoms with E-state index >= 15 is 0 Å². The van der Waals surface area contributed by atoms with Gasteiger partial charge in [-0.2, -0.15) is 0 Å². The number of carboxylic acid groups (broad SMARTS) is 1. The third-order valence-electron chi connectivity index (χ3n) is 4.03. The highest BCUT2D eigenvalue weighted by Gasteiger charge is 2.47. The van der Waals surface area contributed by atoms with Crippen molar-refractivity contribution in [1.29, 1.82) is 0 Å². The van der Waals surface area contributed by atoms with Crippen LogP contribution in [0.3, 0.4) is 0 Å². The molecule has 0 saturated heterocycles. The van der Waals surface area contributed by atoms with Gasteiger partial charge < -0.3 is 29.4 Å². The minimum Gasteiger partial charge on any atom is -0.477 e. The zero-order valence-corrected chi connectivity index (χ0v) is 21.9. The van der Waals surface area contributed by atoms with Crippen LogP contribution in [-0.4, -0.2) is 79.4 Å². The van der Waals surface area contributed by atoms with Crippen molar-refractivity contribution >= 4 is 30.0 Å². The van der Waals surface area contributed by atoms with E-state index in [1.165, 1.54) is 0 Å². The standard InChI is InChI=1S/C22H40N4O9/c1-20(2,3)34-18(30)25-17(26-19(31)35-21(4,5)6)24-14-12-10-9-11-13-23-15(27)22(32-7,33-8)16(28)29/h9-14H2,1-8H3,(H,23,27)(H,28,29)(H2,24,25,26,30,31). The molecular weight excluding hydrogens is 464 g/mol. The van der Waals surface area contributed by atoms with E-state index in [-0.39, 0.29) is 12.5 Å². The molecule has 0 atom stereocenters. The summed E-state index contributed by atoms with van der Waals surface area (Å²) in [4.78, 5) is 51.7. The van der Waals surface area contributed by atoms with Crippen molar-refractivity contribution in [3.05, 3.63) is 0 Å². The minimum atomic E-state index is -2.38. The highest BCUT2D eigenvalue weighted by molar-refractivity contribution is 6.03. The van der Waals surface area contributed by atoms with Crippen LogP contribution in [0.1, 0.15) is 67.2 Å². The Morgan fingerprint density at radius 2 is 1.23 bits per heavy atom. The van der Waals surface area contributed by atoms with E-state index in [1.807, 2.05) is 0 Å². The van der Waals surface area contributed by atoms with Gasteiger partial charge in [-0.1, -0.05) is 12.8 Å². The van der Waals surface area contributed by atoms with Gasteiger partial charge in [0, 0.05) is 27.3 Å². The van der Waals surface area contributed by atoms with E-state index in [0.29, 0.717) is 25.8 Å². The number of carbonyl (C=O) groups is 4. The summed E-state index contributed by atoms with van der Waals surface area (Å²) in [5, 5.41) is 16.5. The first-order valence-electron chi connectivity index (χ1n) is 11.2. The van der Waals surface area contributed by atoms with Crippen LogP contribution in [0, 0.1) is 0 Å². The van der Waals surface area contributed by atoms with Crippen molar-refractivity contribution in [1.82, 2.24) is 16.0 Å². The molecule has 0 heterocycles. The van der Waals surface area contributed by atoms with Crippen molar-refractivity contribution in [3.8, 4) is 0 Å². The SMILES string of the molecule is COC(OC)(C(=O)O)C(=O)NCCCCCCN=C(NC(=O)OC(C)(C)C)NC(=O)OC(C)(C)C. The lowest BCUT2D eigenvalue weighted by Gasteiger charge is -2.24. The fourth-order valence-corrected chi connectivity index (χ4v) is 2.55. The second-order valence-electron chi connectivity index (χ2n) is 9.48. The highest BCUT2D eigenvalue weighted by atomic mass is 16.7. The van der Waals surface area contributed by atoms with Gasteiger partial charge in [-0.3, -0.25) is 20.4 Å². The van der Waals surface area contributed by atoms with Gasteiger partial charge >= 0.3 is 23.9 Å². The number of hydrogen-bond acceptors (Lipinski definition) is 9. The topological polar surface area (TPSA) is 174 Å². The summed E-state index contributed by atoms with van der Waals surface area (Å²) in [6, 6.07) is 0. The quantitative estimate of drug-likeness (QED) is 0.108. The number of carboxylic acids is 1. The molecule has 0 spiro atoms. The first kappa shape index (κ1) is 32.1. The Bertz CT molecular complexity index is 719. The molecule has 13 heteroatoms. The molecule has 35 heavy (non-hydrogen) atoms. The lowest BCUT2D eigenvalue weighted by atomic mass is 10.2. The monoisotopic (exact) mass is 504 g/mol. The Hall–Kier alpha value is -2.93. The van der Waals surface area contributed by atoms with E-state index < -0.39 is 41.1 Å². The lowest BCUT2D eigenvalue weighted by Crippen LogP contribution is -2.55. The average Bonchev–Trinajstić information content (AvgIpc) is 2.67. The number of carbonyl (C=O) groups excluding carboxylic acids is 3. The molecule has 0 aromatic carbocycles. The van der Waals surface area contributed by atoms with Crippen LogP contribution in [0.15, 0.2) is 4.99 Å². The van der Waals surface area contributed by atoms with Crippen molar-refractivity contribution < 1.29 is 43.2 Å². The Balaban J connectivity index is 4.66. The zero-order chi connectivity index (χ0) is 27.3. The number of amides is 3. The van der Waals surface area contributed by atoms with E-state index in [2.05, 4.69) is 20.9 Å². The molecule has 0 aliphatic heterocycles. The molecule has 0 bridgehead atoms. The third-order valence-corrected chi connectivity index (χ3v) is 4.03. The van der Waals surface area contributed by atoms with Gasteiger partial charge in [0.05, 0.1) is 0 Å². The number of guanidine groups is 1. The molecule has 202 valence electrons. The predicted octanol–water partition coefficient (Wildman–Crippen LogP) is 2.14. The van der Waals surface area contributed by atoms with Crippen LogP contribution in [0.2, 0.25) is 0 Å². The zero-order valence-electron chi connectivity index (χ0n) is 21.9. The number of aliphatic carboxylic acids is 1. The molecule has 4 N–H and O–H groups in total. The molecule has 0 aliphatic carbocycles. The maximum absolute atomic E-state index is 12.1. The predicted molar refractivity (Wildman–Crippen MR) is 127 cm³/mol. The number of rotatable bonds is 11. The molecular formula is C22H40N4O9. The van der Waals surface area contributed by atoms with Gasteiger partial charge in [0.15, 0.2) is 0 Å². The molecule has 0 saturated carbocycles. The van der Waals surface area contributed by atoms with Crippen molar-refractivity contribution in [2.45, 2.75) is 84.2 Å². The molecule has 0 fully saturated rings. The molecule has 0 aromatic heterocycles. The van der Waals surface area contributed by atoms with Gasteiger partial charge in [0.1, 0.15) is 11.2 Å². The van der Waals surface area contributed by atoms with Gasteiger partial charge in [0.2, 0.25) is 5.96 Å². The number of alkyl carbamates (subject to hydrolysis) is 2. The Morgan fingerprint density at radius 3 is 1.63 bits per heavy atom. The first-order chi connectivity index (χ1) is 16.1. The fraction of sp³-hybridized carbons (Fsp3) is 0.773. The number of nitrogens with zero attached hydrogens (tertiary/aromatic N) is 1. The number of aliphatic imine (C=N–C) groups is 1. The molecule has 0 unspecified atom stereocenters. The lowest BCUT2D eigenvalue weighted by molar-refractivity contribution is -0.222. The molecule has 0 rings (SSSR count). The number of nitrogens with one attached hydrogen (secondary N) is 3. The minimum absolute atomic E-state index is 0.0927. The summed E-state index contributed by atoms with van der Waals surface area (Å²) in [5.41, 5.74) is -1.46. The second kappa shape index (κ2) is 14.5. The Labute approximate surface area is 206 Å². The number of unbranched alkanes of at least 4 members (excludes halogenated alkanes) is 3. The second-order valence-corrected chi connectivity index (χ2v) is 9.48. The van der Waals surface area contributed by atoms with Gasteiger partial charge in [0.25, 0.3) is 5.91 Å². The average molecular weight is 505 g/mol. The molecule has 0 aliphatic rings. The number of ether oxygens (including phenoxy) is 4. The van der Waals surface area contributed by atoms with E-state index in [1.54, 1.807) is 41.5 Å². The maximum atomic E-state index is 12.1. The molecule has 0 radical (unpaired) electrons. The largest absolute Gasteiger partial charge is 0.477 e. The normalized spacial score (nSPS) is 11.8. The van der Waals surface area contributed by atoms with Crippen LogP contribution >= 0.6 is 0 Å². The summed E-state index contributed by atoms with van der Waals surface area (Å²) >= 11 is 0. The van der Waals surface area contributed by atoms with Crippen molar-refractivity contribution in [3.63, 3.8) is 0 Å². The summed E-state index contributed by atoms with van der Waals surface area (Å²) in [6.45, 7) is 10.8. The summed E-state index contributed by atoms with van der Waals surface area (Å²) in [7, 11) is 2.14. The summed E-state index contributed by atoms with van der Waals surface area (Å²) in [5.74, 6) is -4.92. The summed E-state index contributed by atoms with van der Waals surface area (Å²) < 4.78 is 19.8. The van der Waals surface area contributed by atoms with Crippen molar-refractivity contribution in [2.75, 3.05) is 27.3 Å². The highest BCUT2D eigenvalue weighted by Crippen LogP contribution is 2.12. The van der Waals surface area contributed by atoms with Gasteiger partial charge in [-0.15, -0.1) is 0 Å². The Kier molecular flexibility index (Phi) is 13.3.